The molecule has 0 aliphatic carbocycles. The molecule has 1 heterocycles. The topological polar surface area (TPSA) is 59.7 Å². The average molecular weight is 501 g/mol. The molecule has 6 heteroatoms. The van der Waals surface area contributed by atoms with Crippen LogP contribution in [0.1, 0.15) is 18.1 Å². The van der Waals surface area contributed by atoms with Gasteiger partial charge in [-0.1, -0.05) is 61.5 Å². The molecule has 0 aliphatic heterocycles. The van der Waals surface area contributed by atoms with Crippen molar-refractivity contribution in [3.63, 3.8) is 0 Å². The quantitative estimate of drug-likeness (QED) is 0.223. The standard InChI is InChI=1S/C30H25FO4S/c1-19(30(32)33)17-36-18-22-15-23(12-13-27(22)31)34-16-20-6-4-7-21(14-20)24-9-5-10-26-25-8-2-3-11-28(25)35-29(24)26/h2-15,19H,16-18H2,1H3,(H,32,33). The molecular weight excluding hydrogens is 475 g/mol. The number of ether oxygens (including phenoxy) is 1. The number of para-hydroxylation sites is 2. The van der Waals surface area contributed by atoms with Gasteiger partial charge in [-0.25, -0.2) is 4.39 Å². The van der Waals surface area contributed by atoms with Crippen molar-refractivity contribution in [2.45, 2.75) is 19.3 Å². The molecular formula is C30H25FO4S. The summed E-state index contributed by atoms with van der Waals surface area (Å²) in [6, 6.07) is 27.0. The summed E-state index contributed by atoms with van der Waals surface area (Å²) >= 11 is 1.40. The second-order valence-electron chi connectivity index (χ2n) is 8.78. The zero-order valence-corrected chi connectivity index (χ0v) is 20.6. The number of furan rings is 1. The second kappa shape index (κ2) is 10.5. The molecule has 1 N–H and O–H groups in total. The third-order valence-corrected chi connectivity index (χ3v) is 7.36. The monoisotopic (exact) mass is 500 g/mol. The highest BCUT2D eigenvalue weighted by Crippen LogP contribution is 2.36. The van der Waals surface area contributed by atoms with Crippen molar-refractivity contribution in [2.24, 2.45) is 5.92 Å². The number of hydrogen-bond donors (Lipinski definition) is 1. The van der Waals surface area contributed by atoms with Gasteiger partial charge in [0.1, 0.15) is 29.3 Å². The molecule has 0 aliphatic rings. The van der Waals surface area contributed by atoms with Crippen molar-refractivity contribution in [3.8, 4) is 16.9 Å². The second-order valence-corrected chi connectivity index (χ2v) is 9.81. The molecule has 0 fully saturated rings. The van der Waals surface area contributed by atoms with Gasteiger partial charge in [0.25, 0.3) is 0 Å². The number of benzene rings is 4. The van der Waals surface area contributed by atoms with E-state index in [1.165, 1.54) is 17.8 Å². The van der Waals surface area contributed by atoms with Crippen LogP contribution in [0, 0.1) is 11.7 Å². The molecule has 182 valence electrons. The van der Waals surface area contributed by atoms with Crippen LogP contribution in [0.2, 0.25) is 0 Å². The van der Waals surface area contributed by atoms with Crippen LogP contribution in [-0.4, -0.2) is 16.8 Å². The first kappa shape index (κ1) is 23.9. The van der Waals surface area contributed by atoms with Gasteiger partial charge in [-0.2, -0.15) is 11.8 Å². The van der Waals surface area contributed by atoms with Crippen molar-refractivity contribution in [2.75, 3.05) is 5.75 Å². The van der Waals surface area contributed by atoms with Crippen molar-refractivity contribution < 1.29 is 23.4 Å². The minimum absolute atomic E-state index is 0.321. The highest BCUT2D eigenvalue weighted by molar-refractivity contribution is 7.98. The van der Waals surface area contributed by atoms with Gasteiger partial charge in [0.15, 0.2) is 0 Å². The van der Waals surface area contributed by atoms with Crippen molar-refractivity contribution in [3.05, 3.63) is 102 Å². The number of halogens is 1. The molecule has 1 aromatic heterocycles. The van der Waals surface area contributed by atoms with Crippen molar-refractivity contribution in [1.82, 2.24) is 0 Å². The lowest BCUT2D eigenvalue weighted by Gasteiger charge is -2.11. The van der Waals surface area contributed by atoms with Crippen LogP contribution in [0.25, 0.3) is 33.1 Å². The Morgan fingerprint density at radius 2 is 1.81 bits per heavy atom. The third kappa shape index (κ3) is 5.09. The first-order valence-corrected chi connectivity index (χ1v) is 12.9. The van der Waals surface area contributed by atoms with E-state index in [0.29, 0.717) is 29.4 Å². The Morgan fingerprint density at radius 1 is 1.00 bits per heavy atom. The van der Waals surface area contributed by atoms with E-state index < -0.39 is 11.9 Å². The van der Waals surface area contributed by atoms with Gasteiger partial charge in [0, 0.05) is 33.4 Å². The van der Waals surface area contributed by atoms with Crippen LogP contribution >= 0.6 is 11.8 Å². The van der Waals surface area contributed by atoms with Crippen LogP contribution in [0.15, 0.2) is 89.3 Å². The lowest BCUT2D eigenvalue weighted by Crippen LogP contribution is -2.11. The highest BCUT2D eigenvalue weighted by Gasteiger charge is 2.13. The molecule has 1 unspecified atom stereocenters. The molecule has 5 aromatic rings. The van der Waals surface area contributed by atoms with Gasteiger partial charge in [-0.15, -0.1) is 0 Å². The average Bonchev–Trinajstić information content (AvgIpc) is 3.28. The van der Waals surface area contributed by atoms with Gasteiger partial charge in [-0.3, -0.25) is 4.79 Å². The first-order chi connectivity index (χ1) is 17.5. The summed E-state index contributed by atoms with van der Waals surface area (Å²) in [5.41, 5.74) is 5.25. The fourth-order valence-corrected chi connectivity index (χ4v) is 5.19. The largest absolute Gasteiger partial charge is 0.489 e. The van der Waals surface area contributed by atoms with Crippen LogP contribution in [0.3, 0.4) is 0 Å². The smallest absolute Gasteiger partial charge is 0.307 e. The van der Waals surface area contributed by atoms with E-state index in [-0.39, 0.29) is 5.82 Å². The number of carbonyl (C=O) groups is 1. The molecule has 0 bridgehead atoms. The third-order valence-electron chi connectivity index (χ3n) is 6.11. The number of carboxylic acid groups (broad SMARTS) is 1. The summed E-state index contributed by atoms with van der Waals surface area (Å²) < 4.78 is 26.4. The number of thioether (sulfide) groups is 1. The Kier molecular flexibility index (Phi) is 6.96. The van der Waals surface area contributed by atoms with E-state index in [4.69, 9.17) is 14.3 Å². The van der Waals surface area contributed by atoms with Gasteiger partial charge < -0.3 is 14.3 Å². The van der Waals surface area contributed by atoms with E-state index in [9.17, 15) is 9.18 Å². The predicted molar refractivity (Wildman–Crippen MR) is 143 cm³/mol. The van der Waals surface area contributed by atoms with Crippen LogP contribution in [0.4, 0.5) is 4.39 Å². The summed E-state index contributed by atoms with van der Waals surface area (Å²) in [4.78, 5) is 11.0. The zero-order chi connectivity index (χ0) is 25.1. The van der Waals surface area contributed by atoms with Crippen molar-refractivity contribution in [1.29, 1.82) is 0 Å². The molecule has 0 spiro atoms. The van der Waals surface area contributed by atoms with E-state index in [0.717, 1.165) is 38.6 Å². The van der Waals surface area contributed by atoms with Gasteiger partial charge in [0.2, 0.25) is 0 Å². The summed E-state index contributed by atoms with van der Waals surface area (Å²) in [7, 11) is 0. The number of fused-ring (bicyclic) bond motifs is 3. The number of hydrogen-bond acceptors (Lipinski definition) is 4. The van der Waals surface area contributed by atoms with E-state index >= 15 is 0 Å². The minimum Gasteiger partial charge on any atom is -0.489 e. The lowest BCUT2D eigenvalue weighted by molar-refractivity contribution is -0.140. The minimum atomic E-state index is -0.848. The Hall–Kier alpha value is -3.77. The zero-order valence-electron chi connectivity index (χ0n) is 19.7. The molecule has 0 radical (unpaired) electrons. The number of rotatable bonds is 9. The van der Waals surface area contributed by atoms with Gasteiger partial charge in [0.05, 0.1) is 5.92 Å². The Morgan fingerprint density at radius 3 is 2.67 bits per heavy atom. The van der Waals surface area contributed by atoms with E-state index in [1.807, 2.05) is 36.4 Å². The molecule has 5 rings (SSSR count). The predicted octanol–water partition coefficient (Wildman–Crippen LogP) is 7.93. The van der Waals surface area contributed by atoms with Crippen LogP contribution in [-0.2, 0) is 17.2 Å². The molecule has 36 heavy (non-hydrogen) atoms. The number of aliphatic carboxylic acids is 1. The summed E-state index contributed by atoms with van der Waals surface area (Å²) in [6.45, 7) is 1.98. The molecule has 4 nitrogen and oxygen atoms in total. The Bertz CT molecular complexity index is 1540. The molecule has 0 saturated carbocycles. The number of carboxylic acids is 1. The van der Waals surface area contributed by atoms with Crippen LogP contribution < -0.4 is 4.74 Å². The summed E-state index contributed by atoms with van der Waals surface area (Å²) in [5.74, 6) is -0.265. The van der Waals surface area contributed by atoms with E-state index in [1.54, 1.807) is 19.1 Å². The Labute approximate surface area is 212 Å². The Balaban J connectivity index is 1.32. The molecule has 1 atom stereocenters. The fourth-order valence-electron chi connectivity index (χ4n) is 4.14. The van der Waals surface area contributed by atoms with Crippen LogP contribution in [0.5, 0.6) is 5.75 Å². The fraction of sp³-hybridized carbons (Fsp3) is 0.167. The van der Waals surface area contributed by atoms with Gasteiger partial charge in [-0.05, 0) is 41.5 Å². The summed E-state index contributed by atoms with van der Waals surface area (Å²) in [6.07, 6.45) is 0. The first-order valence-electron chi connectivity index (χ1n) is 11.7. The highest BCUT2D eigenvalue weighted by atomic mass is 32.2. The maximum absolute atomic E-state index is 14.3. The van der Waals surface area contributed by atoms with Gasteiger partial charge >= 0.3 is 5.97 Å². The summed E-state index contributed by atoms with van der Waals surface area (Å²) in [5, 5.41) is 11.2. The molecule has 0 saturated heterocycles. The molecule has 4 aromatic carbocycles. The SMILES string of the molecule is CC(CSCc1cc(OCc2cccc(-c3cccc4c3oc3ccccc34)c2)ccc1F)C(=O)O. The van der Waals surface area contributed by atoms with E-state index in [2.05, 4.69) is 30.3 Å². The maximum Gasteiger partial charge on any atom is 0.307 e. The van der Waals surface area contributed by atoms with Crippen molar-refractivity contribution >= 4 is 39.7 Å². The normalized spacial score (nSPS) is 12.2. The molecule has 0 amide bonds. The maximum atomic E-state index is 14.3. The lowest BCUT2D eigenvalue weighted by atomic mass is 10.0.